The number of carbonyl (C=O) groups is 1. The summed E-state index contributed by atoms with van der Waals surface area (Å²) in [4.78, 5) is 12.5. The fraction of sp³-hybridized carbons (Fsp3) is 0.238. The smallest absolute Gasteiger partial charge is 0.228 e. The first-order valence-corrected chi connectivity index (χ1v) is 8.42. The van der Waals surface area contributed by atoms with Gasteiger partial charge in [-0.25, -0.2) is 4.68 Å². The first kappa shape index (κ1) is 17.0. The summed E-state index contributed by atoms with van der Waals surface area (Å²) >= 11 is 0. The molecule has 0 saturated heterocycles. The van der Waals surface area contributed by atoms with Crippen LogP contribution in [0.25, 0.3) is 5.69 Å². The number of carbonyl (C=O) groups excluding carboxylic acids is 1. The Morgan fingerprint density at radius 2 is 1.72 bits per heavy atom. The molecule has 0 saturated carbocycles. The van der Waals surface area contributed by atoms with Crippen LogP contribution in [0.4, 0.5) is 5.69 Å². The third kappa shape index (κ3) is 4.15. The lowest BCUT2D eigenvalue weighted by molar-refractivity contribution is -0.115. The summed E-state index contributed by atoms with van der Waals surface area (Å²) in [5.74, 6) is -0.0377. The van der Waals surface area contributed by atoms with E-state index in [2.05, 4.69) is 37.3 Å². The van der Waals surface area contributed by atoms with Crippen LogP contribution in [0, 0.1) is 0 Å². The predicted molar refractivity (Wildman–Crippen MR) is 101 cm³/mol. The minimum atomic E-state index is -0.0377. The molecule has 4 nitrogen and oxygen atoms in total. The van der Waals surface area contributed by atoms with Crippen LogP contribution in [-0.4, -0.2) is 15.7 Å². The normalized spacial score (nSPS) is 11.3. The Labute approximate surface area is 148 Å². The van der Waals surface area contributed by atoms with Crippen LogP contribution < -0.4 is 5.32 Å². The van der Waals surface area contributed by atoms with Crippen molar-refractivity contribution in [2.24, 2.45) is 0 Å². The molecule has 3 rings (SSSR count). The number of anilines is 1. The molecule has 0 atom stereocenters. The van der Waals surface area contributed by atoms with E-state index in [-0.39, 0.29) is 11.3 Å². The summed E-state index contributed by atoms with van der Waals surface area (Å²) < 4.78 is 1.78. The number of nitrogens with one attached hydrogen (secondary N) is 1. The highest BCUT2D eigenvalue weighted by Crippen LogP contribution is 2.29. The molecule has 0 bridgehead atoms. The van der Waals surface area contributed by atoms with E-state index in [1.807, 2.05) is 54.7 Å². The minimum Gasteiger partial charge on any atom is -0.326 e. The molecule has 128 valence electrons. The van der Waals surface area contributed by atoms with E-state index >= 15 is 0 Å². The van der Waals surface area contributed by atoms with Gasteiger partial charge in [-0.05, 0) is 34.7 Å². The van der Waals surface area contributed by atoms with E-state index in [1.165, 1.54) is 0 Å². The molecule has 0 radical (unpaired) electrons. The summed E-state index contributed by atoms with van der Waals surface area (Å²) in [6, 6.07) is 17.8. The number of para-hydroxylation sites is 2. The van der Waals surface area contributed by atoms with Gasteiger partial charge in [-0.2, -0.15) is 5.10 Å². The fourth-order valence-corrected chi connectivity index (χ4v) is 2.80. The molecule has 1 N–H and O–H groups in total. The quantitative estimate of drug-likeness (QED) is 0.771. The molecule has 0 aliphatic rings. The Balaban J connectivity index is 1.71. The van der Waals surface area contributed by atoms with Gasteiger partial charge < -0.3 is 5.32 Å². The van der Waals surface area contributed by atoms with Crippen molar-refractivity contribution in [3.8, 4) is 5.69 Å². The Morgan fingerprint density at radius 1 is 1.04 bits per heavy atom. The highest BCUT2D eigenvalue weighted by atomic mass is 16.1. The lowest BCUT2D eigenvalue weighted by Crippen LogP contribution is -2.19. The highest BCUT2D eigenvalue weighted by molar-refractivity contribution is 5.93. The van der Waals surface area contributed by atoms with Gasteiger partial charge in [-0.1, -0.05) is 57.2 Å². The van der Waals surface area contributed by atoms with Crippen molar-refractivity contribution in [1.82, 2.24) is 9.78 Å². The monoisotopic (exact) mass is 333 g/mol. The van der Waals surface area contributed by atoms with Crippen LogP contribution in [-0.2, 0) is 16.6 Å². The lowest BCUT2D eigenvalue weighted by atomic mass is 9.86. The average Bonchev–Trinajstić information content (AvgIpc) is 3.03. The van der Waals surface area contributed by atoms with Crippen molar-refractivity contribution in [1.29, 1.82) is 0 Å². The second-order valence-corrected chi connectivity index (χ2v) is 7.15. The second-order valence-electron chi connectivity index (χ2n) is 7.15. The van der Waals surface area contributed by atoms with Crippen molar-refractivity contribution in [2.45, 2.75) is 32.6 Å². The van der Waals surface area contributed by atoms with Crippen molar-refractivity contribution < 1.29 is 4.79 Å². The third-order valence-corrected chi connectivity index (χ3v) is 4.03. The van der Waals surface area contributed by atoms with E-state index in [1.54, 1.807) is 10.9 Å². The average molecular weight is 333 g/mol. The summed E-state index contributed by atoms with van der Waals surface area (Å²) in [6.07, 6.45) is 3.93. The molecule has 1 heterocycles. The van der Waals surface area contributed by atoms with E-state index < -0.39 is 0 Å². The van der Waals surface area contributed by atoms with Gasteiger partial charge in [0, 0.05) is 11.9 Å². The summed E-state index contributed by atoms with van der Waals surface area (Å²) in [6.45, 7) is 6.42. The van der Waals surface area contributed by atoms with Gasteiger partial charge in [0.05, 0.1) is 18.3 Å². The van der Waals surface area contributed by atoms with Crippen molar-refractivity contribution in [3.05, 3.63) is 78.1 Å². The Bertz CT molecular complexity index is 860. The fourth-order valence-electron chi connectivity index (χ4n) is 2.80. The van der Waals surface area contributed by atoms with E-state index in [4.69, 9.17) is 0 Å². The molecular formula is C21H23N3O. The Hall–Kier alpha value is -2.88. The van der Waals surface area contributed by atoms with Gasteiger partial charge in [0.2, 0.25) is 5.91 Å². The molecule has 3 aromatic rings. The topological polar surface area (TPSA) is 46.9 Å². The SMILES string of the molecule is CC(C)(C)c1ccccc1NC(=O)Cc1cnn(-c2ccccc2)c1. The zero-order valence-electron chi connectivity index (χ0n) is 14.9. The summed E-state index contributed by atoms with van der Waals surface area (Å²) in [5.41, 5.74) is 3.84. The maximum absolute atomic E-state index is 12.5. The standard InChI is InChI=1S/C21H23N3O/c1-21(2,3)18-11-7-8-12-19(18)23-20(25)13-16-14-22-24(15-16)17-9-5-4-6-10-17/h4-12,14-15H,13H2,1-3H3,(H,23,25). The van der Waals surface area contributed by atoms with E-state index in [0.29, 0.717) is 6.42 Å². The van der Waals surface area contributed by atoms with Crippen LogP contribution in [0.15, 0.2) is 67.0 Å². The van der Waals surface area contributed by atoms with Crippen molar-refractivity contribution in [2.75, 3.05) is 5.32 Å². The van der Waals surface area contributed by atoms with Gasteiger partial charge >= 0.3 is 0 Å². The van der Waals surface area contributed by atoms with Crippen LogP contribution >= 0.6 is 0 Å². The zero-order chi connectivity index (χ0) is 17.9. The number of hydrogen-bond donors (Lipinski definition) is 1. The predicted octanol–water partition coefficient (Wildman–Crippen LogP) is 4.35. The lowest BCUT2D eigenvalue weighted by Gasteiger charge is -2.22. The molecule has 4 heteroatoms. The molecule has 0 aliphatic heterocycles. The molecule has 2 aromatic carbocycles. The van der Waals surface area contributed by atoms with Crippen LogP contribution in [0.5, 0.6) is 0 Å². The molecule has 0 fully saturated rings. The second kappa shape index (κ2) is 6.93. The third-order valence-electron chi connectivity index (χ3n) is 4.03. The van der Waals surface area contributed by atoms with Crippen LogP contribution in [0.1, 0.15) is 31.9 Å². The number of benzene rings is 2. The Kier molecular flexibility index (Phi) is 4.70. The van der Waals surface area contributed by atoms with E-state index in [9.17, 15) is 4.79 Å². The van der Waals surface area contributed by atoms with Gasteiger partial charge in [0.1, 0.15) is 0 Å². The molecule has 0 spiro atoms. The van der Waals surface area contributed by atoms with E-state index in [0.717, 1.165) is 22.5 Å². The zero-order valence-corrected chi connectivity index (χ0v) is 14.9. The van der Waals surface area contributed by atoms with Crippen molar-refractivity contribution >= 4 is 11.6 Å². The summed E-state index contributed by atoms with van der Waals surface area (Å²) in [7, 11) is 0. The number of hydrogen-bond acceptors (Lipinski definition) is 2. The first-order valence-electron chi connectivity index (χ1n) is 8.42. The Morgan fingerprint density at radius 3 is 2.44 bits per heavy atom. The van der Waals surface area contributed by atoms with Crippen LogP contribution in [0.3, 0.4) is 0 Å². The van der Waals surface area contributed by atoms with Gasteiger partial charge in [-0.15, -0.1) is 0 Å². The number of aromatic nitrogens is 2. The molecule has 0 aliphatic carbocycles. The van der Waals surface area contributed by atoms with Crippen LogP contribution in [0.2, 0.25) is 0 Å². The number of amides is 1. The first-order chi connectivity index (χ1) is 11.9. The molecule has 0 unspecified atom stereocenters. The van der Waals surface area contributed by atoms with Gasteiger partial charge in [0.25, 0.3) is 0 Å². The van der Waals surface area contributed by atoms with Gasteiger partial charge in [-0.3, -0.25) is 4.79 Å². The highest BCUT2D eigenvalue weighted by Gasteiger charge is 2.18. The maximum Gasteiger partial charge on any atom is 0.228 e. The maximum atomic E-state index is 12.5. The number of rotatable bonds is 4. The summed E-state index contributed by atoms with van der Waals surface area (Å²) in [5, 5.41) is 7.38. The minimum absolute atomic E-state index is 0.0257. The molecule has 1 aromatic heterocycles. The van der Waals surface area contributed by atoms with Gasteiger partial charge in [0.15, 0.2) is 0 Å². The molecule has 1 amide bonds. The number of nitrogens with zero attached hydrogens (tertiary/aromatic N) is 2. The van der Waals surface area contributed by atoms with Crippen molar-refractivity contribution in [3.63, 3.8) is 0 Å². The molecule has 25 heavy (non-hydrogen) atoms. The molecular weight excluding hydrogens is 310 g/mol. The largest absolute Gasteiger partial charge is 0.326 e.